The molecule has 0 amide bonds. The number of ether oxygens (including phenoxy) is 1. The fourth-order valence-corrected chi connectivity index (χ4v) is 2.47. The smallest absolute Gasteiger partial charge is 0.258 e. The molecule has 0 aliphatic carbocycles. The zero-order chi connectivity index (χ0) is 17.4. The molecular formula is C16H20N6O2. The van der Waals surface area contributed by atoms with E-state index in [-0.39, 0.29) is 0 Å². The minimum absolute atomic E-state index is 0.325. The van der Waals surface area contributed by atoms with Gasteiger partial charge >= 0.3 is 0 Å². The van der Waals surface area contributed by atoms with Gasteiger partial charge in [-0.3, -0.25) is 4.40 Å². The van der Waals surface area contributed by atoms with Gasteiger partial charge in [0.2, 0.25) is 11.6 Å². The van der Waals surface area contributed by atoms with Crippen LogP contribution >= 0.6 is 0 Å². The van der Waals surface area contributed by atoms with Crippen molar-refractivity contribution in [1.82, 2.24) is 24.3 Å². The largest absolute Gasteiger partial charge is 0.478 e. The van der Waals surface area contributed by atoms with E-state index in [1.807, 2.05) is 20.8 Å². The van der Waals surface area contributed by atoms with E-state index in [4.69, 9.17) is 4.74 Å². The fraction of sp³-hybridized carbons (Fsp3) is 0.375. The molecule has 0 bridgehead atoms. The Hall–Kier alpha value is -2.74. The molecule has 3 rings (SSSR count). The van der Waals surface area contributed by atoms with E-state index in [2.05, 4.69) is 25.3 Å². The van der Waals surface area contributed by atoms with Crippen molar-refractivity contribution in [3.63, 3.8) is 0 Å². The first-order valence-corrected chi connectivity index (χ1v) is 7.51. The lowest BCUT2D eigenvalue weighted by atomic mass is 9.81. The number of nitrogens with zero attached hydrogens (tertiary/aromatic N) is 5. The molecule has 0 radical (unpaired) electrons. The van der Waals surface area contributed by atoms with Crippen LogP contribution in [0.2, 0.25) is 0 Å². The molecule has 0 saturated heterocycles. The maximum Gasteiger partial charge on any atom is 0.258 e. The lowest BCUT2D eigenvalue weighted by Crippen LogP contribution is -2.48. The Kier molecular flexibility index (Phi) is 3.84. The van der Waals surface area contributed by atoms with E-state index in [9.17, 15) is 5.11 Å². The number of imidazole rings is 1. The standard InChI is InChI=1S/C16H20N6O2/c1-15(2,3)16(23,21-14-18-6-5-7-19-14)11-10-20-12-13(24-4)17-8-9-22(11)12/h5-10,23H,1-4H3,(H,18,19,21). The highest BCUT2D eigenvalue weighted by Gasteiger charge is 2.45. The molecule has 0 saturated carbocycles. The first-order valence-electron chi connectivity index (χ1n) is 7.51. The number of hydrogen-bond donors (Lipinski definition) is 2. The SMILES string of the molecule is COc1nccn2c(C(O)(Nc3ncccn3)C(C)(C)C)cnc12. The van der Waals surface area contributed by atoms with Gasteiger partial charge in [-0.15, -0.1) is 0 Å². The summed E-state index contributed by atoms with van der Waals surface area (Å²) in [7, 11) is 1.53. The van der Waals surface area contributed by atoms with E-state index < -0.39 is 11.1 Å². The number of fused-ring (bicyclic) bond motifs is 1. The zero-order valence-electron chi connectivity index (χ0n) is 14.1. The molecule has 24 heavy (non-hydrogen) atoms. The molecule has 0 aliphatic heterocycles. The summed E-state index contributed by atoms with van der Waals surface area (Å²) in [6, 6.07) is 1.71. The molecule has 8 nitrogen and oxygen atoms in total. The number of nitrogens with one attached hydrogen (secondary N) is 1. The highest BCUT2D eigenvalue weighted by Crippen LogP contribution is 2.39. The Morgan fingerprint density at radius 1 is 1.08 bits per heavy atom. The van der Waals surface area contributed by atoms with Gasteiger partial charge in [0.05, 0.1) is 19.0 Å². The molecule has 0 aliphatic rings. The second-order valence-corrected chi connectivity index (χ2v) is 6.43. The lowest BCUT2D eigenvalue weighted by molar-refractivity contribution is -0.0428. The van der Waals surface area contributed by atoms with Gasteiger partial charge in [-0.25, -0.2) is 19.9 Å². The Bertz CT molecular complexity index is 843. The van der Waals surface area contributed by atoms with Crippen LogP contribution in [-0.4, -0.2) is 36.6 Å². The van der Waals surface area contributed by atoms with Gasteiger partial charge in [-0.1, -0.05) is 20.8 Å². The van der Waals surface area contributed by atoms with Crippen molar-refractivity contribution in [3.8, 4) is 5.88 Å². The predicted molar refractivity (Wildman–Crippen MR) is 88.5 cm³/mol. The van der Waals surface area contributed by atoms with Crippen LogP contribution in [0.3, 0.4) is 0 Å². The van der Waals surface area contributed by atoms with E-state index in [1.165, 1.54) is 7.11 Å². The highest BCUT2D eigenvalue weighted by atomic mass is 16.5. The van der Waals surface area contributed by atoms with Crippen LogP contribution in [-0.2, 0) is 5.72 Å². The van der Waals surface area contributed by atoms with Crippen LogP contribution in [0.5, 0.6) is 5.88 Å². The molecule has 2 N–H and O–H groups in total. The number of hydrogen-bond acceptors (Lipinski definition) is 7. The predicted octanol–water partition coefficient (Wildman–Crippen LogP) is 1.83. The van der Waals surface area contributed by atoms with Crippen LogP contribution < -0.4 is 10.1 Å². The van der Waals surface area contributed by atoms with Crippen molar-refractivity contribution in [1.29, 1.82) is 0 Å². The molecule has 8 heteroatoms. The van der Waals surface area contributed by atoms with Crippen LogP contribution in [0.25, 0.3) is 5.65 Å². The van der Waals surface area contributed by atoms with Gasteiger partial charge < -0.3 is 15.2 Å². The first-order chi connectivity index (χ1) is 11.4. The maximum atomic E-state index is 11.5. The normalized spacial score (nSPS) is 14.4. The summed E-state index contributed by atoms with van der Waals surface area (Å²) >= 11 is 0. The van der Waals surface area contributed by atoms with E-state index in [0.29, 0.717) is 23.2 Å². The van der Waals surface area contributed by atoms with E-state index in [1.54, 1.807) is 41.5 Å². The summed E-state index contributed by atoms with van der Waals surface area (Å²) in [5.74, 6) is 0.710. The third-order valence-corrected chi connectivity index (χ3v) is 3.90. The Morgan fingerprint density at radius 3 is 2.42 bits per heavy atom. The van der Waals surface area contributed by atoms with Crippen molar-refractivity contribution in [2.24, 2.45) is 5.41 Å². The van der Waals surface area contributed by atoms with Crippen LogP contribution in [0, 0.1) is 5.41 Å². The van der Waals surface area contributed by atoms with E-state index >= 15 is 0 Å². The van der Waals surface area contributed by atoms with Crippen molar-refractivity contribution in [3.05, 3.63) is 42.7 Å². The number of aromatic nitrogens is 5. The molecule has 0 aromatic carbocycles. The second-order valence-electron chi connectivity index (χ2n) is 6.43. The quantitative estimate of drug-likeness (QED) is 0.705. The summed E-state index contributed by atoms with van der Waals surface area (Å²) in [5, 5.41) is 14.5. The van der Waals surface area contributed by atoms with Crippen molar-refractivity contribution in [2.75, 3.05) is 12.4 Å². The van der Waals surface area contributed by atoms with Gasteiger partial charge in [0.15, 0.2) is 5.72 Å². The molecule has 3 aromatic heterocycles. The molecule has 126 valence electrons. The second kappa shape index (κ2) is 5.72. The number of anilines is 1. The molecular weight excluding hydrogens is 308 g/mol. The summed E-state index contributed by atoms with van der Waals surface area (Å²) in [6.07, 6.45) is 8.14. The van der Waals surface area contributed by atoms with Crippen molar-refractivity contribution in [2.45, 2.75) is 26.5 Å². The lowest BCUT2D eigenvalue weighted by Gasteiger charge is -2.40. The topological polar surface area (TPSA) is 97.5 Å². The van der Waals surface area contributed by atoms with Crippen molar-refractivity contribution >= 4 is 11.6 Å². The maximum absolute atomic E-state index is 11.5. The van der Waals surface area contributed by atoms with Gasteiger partial charge in [-0.05, 0) is 6.07 Å². The number of methoxy groups -OCH3 is 1. The average Bonchev–Trinajstić information content (AvgIpc) is 2.99. The molecule has 0 spiro atoms. The minimum Gasteiger partial charge on any atom is -0.478 e. The molecule has 1 unspecified atom stereocenters. The number of rotatable bonds is 4. The van der Waals surface area contributed by atoms with Crippen LogP contribution in [0.4, 0.5) is 5.95 Å². The molecule has 1 atom stereocenters. The highest BCUT2D eigenvalue weighted by molar-refractivity contribution is 5.51. The van der Waals surface area contributed by atoms with E-state index in [0.717, 1.165) is 0 Å². The number of aliphatic hydroxyl groups is 1. The fourth-order valence-electron chi connectivity index (χ4n) is 2.47. The van der Waals surface area contributed by atoms with Crippen LogP contribution in [0.15, 0.2) is 37.1 Å². The minimum atomic E-state index is -1.47. The Labute approximate surface area is 139 Å². The van der Waals surface area contributed by atoms with Gasteiger partial charge in [0, 0.05) is 30.2 Å². The molecule has 3 aromatic rings. The van der Waals surface area contributed by atoms with Gasteiger partial charge in [0.1, 0.15) is 0 Å². The Morgan fingerprint density at radius 2 is 1.79 bits per heavy atom. The Balaban J connectivity index is 2.17. The zero-order valence-corrected chi connectivity index (χ0v) is 14.1. The summed E-state index contributed by atoms with van der Waals surface area (Å²) in [4.78, 5) is 16.8. The average molecular weight is 328 g/mol. The summed E-state index contributed by atoms with van der Waals surface area (Å²) < 4.78 is 6.98. The monoisotopic (exact) mass is 328 g/mol. The molecule has 3 heterocycles. The van der Waals surface area contributed by atoms with Crippen molar-refractivity contribution < 1.29 is 9.84 Å². The van der Waals surface area contributed by atoms with Gasteiger partial charge in [-0.2, -0.15) is 0 Å². The third kappa shape index (κ3) is 2.54. The first kappa shape index (κ1) is 16.1. The molecule has 0 fully saturated rings. The summed E-state index contributed by atoms with van der Waals surface area (Å²) in [6.45, 7) is 5.75. The third-order valence-electron chi connectivity index (χ3n) is 3.90. The summed E-state index contributed by atoms with van der Waals surface area (Å²) in [5.41, 5.74) is -0.995. The van der Waals surface area contributed by atoms with Gasteiger partial charge in [0.25, 0.3) is 5.88 Å². The van der Waals surface area contributed by atoms with Crippen LogP contribution in [0.1, 0.15) is 26.5 Å².